The Bertz CT molecular complexity index is 447. The summed E-state index contributed by atoms with van der Waals surface area (Å²) in [5.41, 5.74) is 0. The second-order valence-electron chi connectivity index (χ2n) is 4.52. The van der Waals surface area contributed by atoms with Gasteiger partial charge in [-0.05, 0) is 6.92 Å². The number of rotatable bonds is 4. The van der Waals surface area contributed by atoms with E-state index in [1.54, 1.807) is 12.3 Å². The predicted octanol–water partition coefficient (Wildman–Crippen LogP) is 1.06. The number of nitrogens with one attached hydrogen (secondary N) is 1. The van der Waals surface area contributed by atoms with Crippen LogP contribution in [0.2, 0.25) is 0 Å². The average Bonchev–Trinajstić information content (AvgIpc) is 2.48. The molecule has 2 heterocycles. The number of ether oxygens (including phenoxy) is 2. The van der Waals surface area contributed by atoms with Crippen LogP contribution >= 0.6 is 0 Å². The maximum Gasteiger partial charge on any atom is 0.319 e. The molecule has 0 unspecified atom stereocenters. The fourth-order valence-corrected chi connectivity index (χ4v) is 2.10. The summed E-state index contributed by atoms with van der Waals surface area (Å²) in [4.78, 5) is 21.5. The number of likely N-dealkylation sites (tertiary alicyclic amines) is 1. The molecule has 7 heteroatoms. The molecule has 1 aliphatic heterocycles. The zero-order valence-corrected chi connectivity index (χ0v) is 11.8. The Hall–Kier alpha value is -2.05. The lowest BCUT2D eigenvalue weighted by Crippen LogP contribution is -2.46. The molecule has 2 amide bonds. The lowest BCUT2D eigenvalue weighted by atomic mass is 10.1. The molecule has 0 spiro atoms. The van der Waals surface area contributed by atoms with Gasteiger partial charge in [0.25, 0.3) is 0 Å². The standard InChI is InChI=1S/C13H20N4O3/c1-3-14-13(18)17-8-5-10(6-9-17)20-11-4-7-15-12(16-11)19-2/h4,7,10H,3,5-6,8-9H2,1-2H3,(H,14,18). The highest BCUT2D eigenvalue weighted by Gasteiger charge is 2.23. The zero-order chi connectivity index (χ0) is 14.4. The van der Waals surface area contributed by atoms with Gasteiger partial charge in [0.1, 0.15) is 6.10 Å². The van der Waals surface area contributed by atoms with Gasteiger partial charge in [-0.15, -0.1) is 0 Å². The van der Waals surface area contributed by atoms with Crippen molar-refractivity contribution in [3.8, 4) is 11.9 Å². The summed E-state index contributed by atoms with van der Waals surface area (Å²) in [5.74, 6) is 0.508. The number of nitrogens with zero attached hydrogens (tertiary/aromatic N) is 3. The van der Waals surface area contributed by atoms with Crippen LogP contribution in [0, 0.1) is 0 Å². The van der Waals surface area contributed by atoms with Gasteiger partial charge in [-0.25, -0.2) is 9.78 Å². The first-order valence-corrected chi connectivity index (χ1v) is 6.79. The molecule has 0 radical (unpaired) electrons. The van der Waals surface area contributed by atoms with Crippen LogP contribution < -0.4 is 14.8 Å². The number of piperidine rings is 1. The Morgan fingerprint density at radius 2 is 2.25 bits per heavy atom. The minimum absolute atomic E-state index is 0.00495. The van der Waals surface area contributed by atoms with Crippen molar-refractivity contribution in [1.82, 2.24) is 20.2 Å². The molecular weight excluding hydrogens is 260 g/mol. The van der Waals surface area contributed by atoms with Crippen molar-refractivity contribution < 1.29 is 14.3 Å². The minimum atomic E-state index is -0.00495. The van der Waals surface area contributed by atoms with Gasteiger partial charge in [0.15, 0.2) is 0 Å². The van der Waals surface area contributed by atoms with Crippen molar-refractivity contribution >= 4 is 6.03 Å². The number of urea groups is 1. The third-order valence-electron chi connectivity index (χ3n) is 3.14. The number of hydrogen-bond acceptors (Lipinski definition) is 5. The highest BCUT2D eigenvalue weighted by molar-refractivity contribution is 5.74. The third kappa shape index (κ3) is 3.72. The molecule has 1 aromatic heterocycles. The van der Waals surface area contributed by atoms with E-state index in [0.29, 0.717) is 31.5 Å². The van der Waals surface area contributed by atoms with Gasteiger partial charge in [0.05, 0.1) is 7.11 Å². The van der Waals surface area contributed by atoms with Crippen LogP contribution in [0.25, 0.3) is 0 Å². The molecule has 7 nitrogen and oxygen atoms in total. The molecule has 0 bridgehead atoms. The SMILES string of the molecule is CCNC(=O)N1CCC(Oc2ccnc(OC)n2)CC1. The largest absolute Gasteiger partial charge is 0.474 e. The summed E-state index contributed by atoms with van der Waals surface area (Å²) < 4.78 is 10.8. The van der Waals surface area contributed by atoms with Crippen LogP contribution in [0.5, 0.6) is 11.9 Å². The van der Waals surface area contributed by atoms with Crippen molar-refractivity contribution in [3.63, 3.8) is 0 Å². The summed E-state index contributed by atoms with van der Waals surface area (Å²) in [6.07, 6.45) is 3.26. The molecule has 1 N–H and O–H groups in total. The van der Waals surface area contributed by atoms with E-state index >= 15 is 0 Å². The first-order valence-electron chi connectivity index (χ1n) is 6.79. The molecule has 1 aliphatic rings. The van der Waals surface area contributed by atoms with Crippen LogP contribution in [0.4, 0.5) is 4.79 Å². The van der Waals surface area contributed by atoms with E-state index in [9.17, 15) is 4.79 Å². The number of carbonyl (C=O) groups excluding carboxylic acids is 1. The van der Waals surface area contributed by atoms with E-state index in [1.165, 1.54) is 7.11 Å². The lowest BCUT2D eigenvalue weighted by Gasteiger charge is -2.31. The number of carbonyl (C=O) groups is 1. The quantitative estimate of drug-likeness (QED) is 0.892. The van der Waals surface area contributed by atoms with Crippen molar-refractivity contribution in [1.29, 1.82) is 0 Å². The Balaban J connectivity index is 1.83. The average molecular weight is 280 g/mol. The van der Waals surface area contributed by atoms with Crippen molar-refractivity contribution in [2.75, 3.05) is 26.7 Å². The summed E-state index contributed by atoms with van der Waals surface area (Å²) in [7, 11) is 1.52. The van der Waals surface area contributed by atoms with Gasteiger partial charge < -0.3 is 19.7 Å². The summed E-state index contributed by atoms with van der Waals surface area (Å²) >= 11 is 0. The van der Waals surface area contributed by atoms with E-state index in [-0.39, 0.29) is 12.1 Å². The highest BCUT2D eigenvalue weighted by Crippen LogP contribution is 2.18. The van der Waals surface area contributed by atoms with Crippen LogP contribution in [-0.2, 0) is 0 Å². The predicted molar refractivity (Wildman–Crippen MR) is 72.9 cm³/mol. The number of hydrogen-bond donors (Lipinski definition) is 1. The fraction of sp³-hybridized carbons (Fsp3) is 0.615. The van der Waals surface area contributed by atoms with Gasteiger partial charge in [-0.2, -0.15) is 4.98 Å². The molecule has 0 atom stereocenters. The highest BCUT2D eigenvalue weighted by atomic mass is 16.5. The molecule has 2 rings (SSSR count). The van der Waals surface area contributed by atoms with E-state index in [4.69, 9.17) is 9.47 Å². The molecule has 0 saturated carbocycles. The first kappa shape index (κ1) is 14.4. The Morgan fingerprint density at radius 3 is 2.90 bits per heavy atom. The van der Waals surface area contributed by atoms with E-state index < -0.39 is 0 Å². The summed E-state index contributed by atoms with van der Waals surface area (Å²) in [6, 6.07) is 2.00. The van der Waals surface area contributed by atoms with E-state index in [0.717, 1.165) is 12.8 Å². The normalized spacial score (nSPS) is 15.8. The maximum atomic E-state index is 11.7. The molecule has 20 heavy (non-hydrogen) atoms. The lowest BCUT2D eigenvalue weighted by molar-refractivity contribution is 0.107. The van der Waals surface area contributed by atoms with Crippen molar-refractivity contribution in [2.24, 2.45) is 0 Å². The molecule has 1 fully saturated rings. The Morgan fingerprint density at radius 1 is 1.50 bits per heavy atom. The van der Waals surface area contributed by atoms with Crippen LogP contribution in [0.3, 0.4) is 0 Å². The smallest absolute Gasteiger partial charge is 0.319 e. The monoisotopic (exact) mass is 280 g/mol. The van der Waals surface area contributed by atoms with Gasteiger partial charge in [0.2, 0.25) is 5.88 Å². The number of amides is 2. The Labute approximate surface area is 118 Å². The minimum Gasteiger partial charge on any atom is -0.474 e. The zero-order valence-electron chi connectivity index (χ0n) is 11.8. The molecule has 110 valence electrons. The molecule has 1 saturated heterocycles. The third-order valence-corrected chi connectivity index (χ3v) is 3.14. The van der Waals surface area contributed by atoms with Gasteiger partial charge in [-0.1, -0.05) is 0 Å². The van der Waals surface area contributed by atoms with Gasteiger partial charge >= 0.3 is 12.0 Å². The topological polar surface area (TPSA) is 76.6 Å². The second-order valence-corrected chi connectivity index (χ2v) is 4.52. The van der Waals surface area contributed by atoms with E-state index in [2.05, 4.69) is 15.3 Å². The first-order chi connectivity index (χ1) is 9.72. The number of aromatic nitrogens is 2. The molecule has 0 aliphatic carbocycles. The van der Waals surface area contributed by atoms with Crippen LogP contribution in [0.1, 0.15) is 19.8 Å². The van der Waals surface area contributed by atoms with Gasteiger partial charge in [-0.3, -0.25) is 0 Å². The van der Waals surface area contributed by atoms with E-state index in [1.807, 2.05) is 11.8 Å². The second kappa shape index (κ2) is 6.93. The molecular formula is C13H20N4O3. The Kier molecular flexibility index (Phi) is 4.97. The summed E-state index contributed by atoms with van der Waals surface area (Å²) in [5, 5.41) is 2.80. The molecule has 1 aromatic rings. The fourth-order valence-electron chi connectivity index (χ4n) is 2.10. The summed E-state index contributed by atoms with van der Waals surface area (Å²) in [6.45, 7) is 3.95. The van der Waals surface area contributed by atoms with Crippen molar-refractivity contribution in [3.05, 3.63) is 12.3 Å². The van der Waals surface area contributed by atoms with Crippen LogP contribution in [-0.4, -0.2) is 53.7 Å². The maximum absolute atomic E-state index is 11.7. The van der Waals surface area contributed by atoms with Crippen LogP contribution in [0.15, 0.2) is 12.3 Å². The van der Waals surface area contributed by atoms with Gasteiger partial charge in [0, 0.05) is 44.7 Å². The van der Waals surface area contributed by atoms with Crippen molar-refractivity contribution in [2.45, 2.75) is 25.9 Å². The molecule has 0 aromatic carbocycles. The number of methoxy groups -OCH3 is 1.